The molecule has 0 unspecified atom stereocenters. The molecule has 2 heterocycles. The van der Waals surface area contributed by atoms with E-state index < -0.39 is 0 Å². The smallest absolute Gasteiger partial charge is 0.266 e. The third-order valence-electron chi connectivity index (χ3n) is 2.37. The predicted molar refractivity (Wildman–Crippen MR) is 62.3 cm³/mol. The van der Waals surface area contributed by atoms with Gasteiger partial charge in [0.1, 0.15) is 9.39 Å². The van der Waals surface area contributed by atoms with E-state index in [0.717, 1.165) is 18.9 Å². The summed E-state index contributed by atoms with van der Waals surface area (Å²) < 4.78 is 0.653. The first kappa shape index (κ1) is 9.91. The van der Waals surface area contributed by atoms with Gasteiger partial charge in [-0.3, -0.25) is 4.79 Å². The standard InChI is InChI=1S/C8H11IN4O/c9-6-7(11-4-12-8(6)14)13-2-5(1-10)3-13/h4-5H,1-3,10H2,(H,11,12,14). The van der Waals surface area contributed by atoms with Crippen molar-refractivity contribution in [2.75, 3.05) is 24.5 Å². The van der Waals surface area contributed by atoms with E-state index in [2.05, 4.69) is 14.9 Å². The van der Waals surface area contributed by atoms with E-state index in [1.807, 2.05) is 22.6 Å². The second kappa shape index (κ2) is 3.85. The molecule has 1 aromatic rings. The Hall–Kier alpha value is -0.630. The van der Waals surface area contributed by atoms with E-state index in [4.69, 9.17) is 5.73 Å². The van der Waals surface area contributed by atoms with Gasteiger partial charge in [0.15, 0.2) is 0 Å². The highest BCUT2D eigenvalue weighted by atomic mass is 127. The summed E-state index contributed by atoms with van der Waals surface area (Å²) in [6, 6.07) is 0. The normalized spacial score (nSPS) is 16.9. The third kappa shape index (κ3) is 1.63. The highest BCUT2D eigenvalue weighted by Gasteiger charge is 2.28. The van der Waals surface area contributed by atoms with Gasteiger partial charge in [0.2, 0.25) is 0 Å². The average molecular weight is 306 g/mol. The number of nitrogens with zero attached hydrogens (tertiary/aromatic N) is 2. The van der Waals surface area contributed by atoms with E-state index in [-0.39, 0.29) is 5.56 Å². The Bertz CT molecular complexity index is 385. The quantitative estimate of drug-likeness (QED) is 0.740. The summed E-state index contributed by atoms with van der Waals surface area (Å²) in [6.45, 7) is 2.52. The molecule has 3 N–H and O–H groups in total. The largest absolute Gasteiger partial charge is 0.355 e. The van der Waals surface area contributed by atoms with Crippen LogP contribution in [0.3, 0.4) is 0 Å². The van der Waals surface area contributed by atoms with Crippen LogP contribution >= 0.6 is 22.6 Å². The number of halogens is 1. The van der Waals surface area contributed by atoms with Crippen LogP contribution in [0.4, 0.5) is 5.82 Å². The van der Waals surface area contributed by atoms with Gasteiger partial charge in [0.25, 0.3) is 5.56 Å². The lowest BCUT2D eigenvalue weighted by molar-refractivity contribution is 0.416. The third-order valence-corrected chi connectivity index (χ3v) is 3.34. The minimum Gasteiger partial charge on any atom is -0.355 e. The average Bonchev–Trinajstić information content (AvgIpc) is 2.10. The molecule has 0 aromatic carbocycles. The Morgan fingerprint density at radius 1 is 1.71 bits per heavy atom. The van der Waals surface area contributed by atoms with Crippen molar-refractivity contribution in [3.63, 3.8) is 0 Å². The number of nitrogens with two attached hydrogens (primary N) is 1. The van der Waals surface area contributed by atoms with Crippen LogP contribution in [0.1, 0.15) is 0 Å². The van der Waals surface area contributed by atoms with Crippen molar-refractivity contribution in [3.05, 3.63) is 20.3 Å². The van der Waals surface area contributed by atoms with E-state index in [1.54, 1.807) is 0 Å². The highest BCUT2D eigenvalue weighted by Crippen LogP contribution is 2.23. The maximum Gasteiger partial charge on any atom is 0.266 e. The highest BCUT2D eigenvalue weighted by molar-refractivity contribution is 14.1. The van der Waals surface area contributed by atoms with E-state index in [1.165, 1.54) is 6.33 Å². The van der Waals surface area contributed by atoms with Gasteiger partial charge in [-0.15, -0.1) is 0 Å². The molecular weight excluding hydrogens is 295 g/mol. The number of hydrogen-bond donors (Lipinski definition) is 2. The summed E-state index contributed by atoms with van der Waals surface area (Å²) in [4.78, 5) is 20.1. The van der Waals surface area contributed by atoms with Crippen molar-refractivity contribution >= 4 is 28.4 Å². The molecule has 14 heavy (non-hydrogen) atoms. The number of aromatic nitrogens is 2. The molecule has 1 aliphatic rings. The molecule has 6 heteroatoms. The molecule has 1 fully saturated rings. The first-order valence-corrected chi connectivity index (χ1v) is 5.48. The van der Waals surface area contributed by atoms with Gasteiger partial charge < -0.3 is 15.6 Å². The fraction of sp³-hybridized carbons (Fsp3) is 0.500. The molecule has 1 aliphatic heterocycles. The van der Waals surface area contributed by atoms with Crippen LogP contribution in [0.5, 0.6) is 0 Å². The summed E-state index contributed by atoms with van der Waals surface area (Å²) in [5, 5.41) is 0. The molecular formula is C8H11IN4O. The van der Waals surface area contributed by atoms with Gasteiger partial charge in [-0.2, -0.15) is 0 Å². The lowest BCUT2D eigenvalue weighted by Crippen LogP contribution is -2.51. The van der Waals surface area contributed by atoms with Crippen LogP contribution in [-0.2, 0) is 0 Å². The minimum absolute atomic E-state index is 0.0770. The fourth-order valence-corrected chi connectivity index (χ4v) is 2.12. The van der Waals surface area contributed by atoms with Crippen molar-refractivity contribution < 1.29 is 0 Å². The molecule has 1 aromatic heterocycles. The van der Waals surface area contributed by atoms with Gasteiger partial charge in [0, 0.05) is 19.0 Å². The van der Waals surface area contributed by atoms with Gasteiger partial charge in [-0.05, 0) is 29.1 Å². The van der Waals surface area contributed by atoms with Crippen molar-refractivity contribution in [2.24, 2.45) is 11.7 Å². The second-order valence-electron chi connectivity index (χ2n) is 3.38. The lowest BCUT2D eigenvalue weighted by Gasteiger charge is -2.39. The molecule has 76 valence electrons. The van der Waals surface area contributed by atoms with E-state index >= 15 is 0 Å². The second-order valence-corrected chi connectivity index (χ2v) is 4.45. The van der Waals surface area contributed by atoms with Crippen molar-refractivity contribution in [2.45, 2.75) is 0 Å². The zero-order valence-electron chi connectivity index (χ0n) is 7.53. The van der Waals surface area contributed by atoms with Crippen molar-refractivity contribution in [3.8, 4) is 0 Å². The van der Waals surface area contributed by atoms with Gasteiger partial charge >= 0.3 is 0 Å². The number of aromatic amines is 1. The molecule has 0 spiro atoms. The van der Waals surface area contributed by atoms with Gasteiger partial charge in [0.05, 0.1) is 6.33 Å². The predicted octanol–water partition coefficient (Wildman–Crippen LogP) is -0.231. The zero-order chi connectivity index (χ0) is 10.1. The molecule has 0 radical (unpaired) electrons. The van der Waals surface area contributed by atoms with Crippen LogP contribution in [0, 0.1) is 9.49 Å². The summed E-state index contributed by atoms with van der Waals surface area (Å²) >= 11 is 2.02. The summed E-state index contributed by atoms with van der Waals surface area (Å²) in [5.74, 6) is 1.32. The maximum absolute atomic E-state index is 11.3. The number of hydrogen-bond acceptors (Lipinski definition) is 4. The molecule has 0 amide bonds. The molecule has 0 atom stereocenters. The number of rotatable bonds is 2. The van der Waals surface area contributed by atoms with Crippen molar-refractivity contribution in [1.82, 2.24) is 9.97 Å². The Labute approximate surface area is 94.8 Å². The van der Waals surface area contributed by atoms with Crippen LogP contribution in [0.15, 0.2) is 11.1 Å². The molecule has 0 aliphatic carbocycles. The van der Waals surface area contributed by atoms with Gasteiger partial charge in [-0.25, -0.2) is 4.98 Å². The van der Waals surface area contributed by atoms with Crippen LogP contribution < -0.4 is 16.2 Å². The maximum atomic E-state index is 11.3. The van der Waals surface area contributed by atoms with E-state index in [0.29, 0.717) is 16.0 Å². The Morgan fingerprint density at radius 3 is 3.07 bits per heavy atom. The SMILES string of the molecule is NCC1CN(c2nc[nH]c(=O)c2I)C1. The van der Waals surface area contributed by atoms with Crippen LogP contribution in [-0.4, -0.2) is 29.6 Å². The van der Waals surface area contributed by atoms with E-state index in [9.17, 15) is 4.79 Å². The first-order valence-electron chi connectivity index (χ1n) is 4.40. The number of H-pyrrole nitrogens is 1. The fourth-order valence-electron chi connectivity index (χ4n) is 1.49. The number of nitrogens with one attached hydrogen (secondary N) is 1. The van der Waals surface area contributed by atoms with Crippen molar-refractivity contribution in [1.29, 1.82) is 0 Å². The lowest BCUT2D eigenvalue weighted by atomic mass is 10.0. The summed E-state index contributed by atoms with van der Waals surface area (Å²) in [6.07, 6.45) is 1.44. The molecule has 0 saturated carbocycles. The summed E-state index contributed by atoms with van der Waals surface area (Å²) in [5.41, 5.74) is 5.45. The molecule has 1 saturated heterocycles. The Kier molecular flexibility index (Phi) is 2.73. The zero-order valence-corrected chi connectivity index (χ0v) is 9.69. The van der Waals surface area contributed by atoms with Gasteiger partial charge in [-0.1, -0.05) is 0 Å². The monoisotopic (exact) mass is 306 g/mol. The molecule has 5 nitrogen and oxygen atoms in total. The Morgan fingerprint density at radius 2 is 2.43 bits per heavy atom. The molecule has 2 rings (SSSR count). The first-order chi connectivity index (χ1) is 6.72. The van der Waals surface area contributed by atoms with Crippen LogP contribution in [0.2, 0.25) is 0 Å². The number of anilines is 1. The topological polar surface area (TPSA) is 75.0 Å². The minimum atomic E-state index is -0.0770. The Balaban J connectivity index is 2.19. The summed E-state index contributed by atoms with van der Waals surface area (Å²) in [7, 11) is 0. The molecule has 0 bridgehead atoms. The van der Waals surface area contributed by atoms with Crippen LogP contribution in [0.25, 0.3) is 0 Å².